The molecule has 1 saturated carbocycles. The first-order valence-electron chi connectivity index (χ1n) is 6.18. The zero-order valence-corrected chi connectivity index (χ0v) is 11.9. The number of benzene rings is 1. The summed E-state index contributed by atoms with van der Waals surface area (Å²) in [6, 6.07) is 5.59. The highest BCUT2D eigenvalue weighted by Crippen LogP contribution is 2.19. The van der Waals surface area contributed by atoms with Crippen molar-refractivity contribution in [1.29, 1.82) is 0 Å². The van der Waals surface area contributed by atoms with Gasteiger partial charge in [-0.25, -0.2) is 9.38 Å². The van der Waals surface area contributed by atoms with Crippen molar-refractivity contribution in [3.8, 4) is 0 Å². The minimum absolute atomic E-state index is 0.226. The zero-order chi connectivity index (χ0) is 13.0. The summed E-state index contributed by atoms with van der Waals surface area (Å²) in [5, 5.41) is 6.46. The predicted octanol–water partition coefficient (Wildman–Crippen LogP) is 2.81. The molecule has 0 aromatic heterocycles. The molecule has 0 radical (unpaired) electrons. The number of guanidine groups is 1. The van der Waals surface area contributed by atoms with Crippen LogP contribution < -0.4 is 10.6 Å². The quantitative estimate of drug-likeness (QED) is 0.662. The van der Waals surface area contributed by atoms with E-state index < -0.39 is 0 Å². The maximum Gasteiger partial charge on any atom is 0.191 e. The van der Waals surface area contributed by atoms with Gasteiger partial charge in [0.2, 0.25) is 0 Å². The van der Waals surface area contributed by atoms with Crippen LogP contribution in [-0.2, 0) is 6.54 Å². The molecule has 0 amide bonds. The Kier molecular flexibility index (Phi) is 4.58. The number of aliphatic imine (C=N–C) groups is 1. The lowest BCUT2D eigenvalue weighted by molar-refractivity contribution is 0.609. The summed E-state index contributed by atoms with van der Waals surface area (Å²) in [7, 11) is 0. The molecule has 1 fully saturated rings. The average molecular weight is 314 g/mol. The smallest absolute Gasteiger partial charge is 0.191 e. The molecule has 0 aliphatic heterocycles. The van der Waals surface area contributed by atoms with E-state index in [4.69, 9.17) is 0 Å². The summed E-state index contributed by atoms with van der Waals surface area (Å²) < 4.78 is 14.4. The normalized spacial score (nSPS) is 15.6. The van der Waals surface area contributed by atoms with E-state index in [2.05, 4.69) is 31.6 Å². The second-order valence-electron chi connectivity index (χ2n) is 4.35. The van der Waals surface area contributed by atoms with Crippen molar-refractivity contribution < 1.29 is 4.39 Å². The molecule has 2 rings (SSSR count). The number of halogens is 2. The van der Waals surface area contributed by atoms with Gasteiger partial charge in [-0.05, 0) is 31.9 Å². The second-order valence-corrected chi connectivity index (χ2v) is 5.27. The van der Waals surface area contributed by atoms with Gasteiger partial charge in [0.1, 0.15) is 5.82 Å². The predicted molar refractivity (Wildman–Crippen MR) is 75.1 cm³/mol. The van der Waals surface area contributed by atoms with E-state index in [1.54, 1.807) is 6.07 Å². The van der Waals surface area contributed by atoms with Crippen LogP contribution in [0.3, 0.4) is 0 Å². The highest BCUT2D eigenvalue weighted by molar-refractivity contribution is 9.10. The molecule has 18 heavy (non-hydrogen) atoms. The lowest BCUT2D eigenvalue weighted by atomic mass is 10.2. The molecular formula is C13H17BrFN3. The fourth-order valence-corrected chi connectivity index (χ4v) is 1.89. The third kappa shape index (κ3) is 3.98. The molecule has 0 unspecified atom stereocenters. The topological polar surface area (TPSA) is 36.4 Å². The molecule has 5 heteroatoms. The van der Waals surface area contributed by atoms with E-state index in [-0.39, 0.29) is 5.82 Å². The molecule has 98 valence electrons. The average Bonchev–Trinajstić information content (AvgIpc) is 3.12. The number of nitrogens with zero attached hydrogens (tertiary/aromatic N) is 1. The molecule has 0 saturated heterocycles. The van der Waals surface area contributed by atoms with Crippen molar-refractivity contribution in [2.75, 3.05) is 6.54 Å². The Hall–Kier alpha value is -1.10. The molecule has 1 aliphatic carbocycles. The minimum Gasteiger partial charge on any atom is -0.357 e. The van der Waals surface area contributed by atoms with Gasteiger partial charge in [0, 0.05) is 22.6 Å². The largest absolute Gasteiger partial charge is 0.357 e. The second kappa shape index (κ2) is 6.18. The lowest BCUT2D eigenvalue weighted by Gasteiger charge is -2.10. The van der Waals surface area contributed by atoms with Gasteiger partial charge in [0.05, 0.1) is 6.54 Å². The third-order valence-electron chi connectivity index (χ3n) is 2.69. The maximum absolute atomic E-state index is 13.6. The third-order valence-corrected chi connectivity index (χ3v) is 3.18. The lowest BCUT2D eigenvalue weighted by Crippen LogP contribution is -2.38. The number of hydrogen-bond acceptors (Lipinski definition) is 1. The summed E-state index contributed by atoms with van der Waals surface area (Å²) in [6.07, 6.45) is 2.38. The van der Waals surface area contributed by atoms with E-state index in [9.17, 15) is 4.39 Å². The van der Waals surface area contributed by atoms with Crippen molar-refractivity contribution in [3.63, 3.8) is 0 Å². The monoisotopic (exact) mass is 313 g/mol. The van der Waals surface area contributed by atoms with Gasteiger partial charge < -0.3 is 10.6 Å². The van der Waals surface area contributed by atoms with Crippen LogP contribution in [0.15, 0.2) is 27.7 Å². The number of nitrogens with one attached hydrogen (secondary N) is 2. The van der Waals surface area contributed by atoms with E-state index >= 15 is 0 Å². The highest BCUT2D eigenvalue weighted by atomic mass is 79.9. The van der Waals surface area contributed by atoms with Crippen LogP contribution in [-0.4, -0.2) is 18.5 Å². The fourth-order valence-electron chi connectivity index (χ4n) is 1.56. The number of hydrogen-bond donors (Lipinski definition) is 2. The van der Waals surface area contributed by atoms with Gasteiger partial charge in [0.25, 0.3) is 0 Å². The molecule has 3 nitrogen and oxygen atoms in total. The van der Waals surface area contributed by atoms with Gasteiger partial charge in [-0.15, -0.1) is 0 Å². The van der Waals surface area contributed by atoms with E-state index in [1.807, 2.05) is 13.0 Å². The molecule has 1 aliphatic rings. The standard InChI is InChI=1S/C13H17BrFN3/c1-2-16-13(18-11-5-6-11)17-8-9-3-4-10(14)7-12(9)15/h3-4,7,11H,2,5-6,8H2,1H3,(H2,16,17,18). The highest BCUT2D eigenvalue weighted by Gasteiger charge is 2.22. The van der Waals surface area contributed by atoms with Crippen molar-refractivity contribution >= 4 is 21.9 Å². The Morgan fingerprint density at radius 2 is 2.28 bits per heavy atom. The summed E-state index contributed by atoms with van der Waals surface area (Å²) in [5.74, 6) is 0.540. The zero-order valence-electron chi connectivity index (χ0n) is 10.3. The van der Waals surface area contributed by atoms with E-state index in [0.717, 1.165) is 17.0 Å². The molecule has 0 atom stereocenters. The van der Waals surface area contributed by atoms with Crippen molar-refractivity contribution in [1.82, 2.24) is 10.6 Å². The van der Waals surface area contributed by atoms with E-state index in [0.29, 0.717) is 18.2 Å². The van der Waals surface area contributed by atoms with Gasteiger partial charge in [-0.3, -0.25) is 0 Å². The maximum atomic E-state index is 13.6. The van der Waals surface area contributed by atoms with Crippen LogP contribution >= 0.6 is 15.9 Å². The van der Waals surface area contributed by atoms with Crippen LogP contribution in [0.2, 0.25) is 0 Å². The van der Waals surface area contributed by atoms with E-state index in [1.165, 1.54) is 18.9 Å². The Labute approximate surface area is 115 Å². The summed E-state index contributed by atoms with van der Waals surface area (Å²) in [5.41, 5.74) is 0.603. The van der Waals surface area contributed by atoms with Gasteiger partial charge in [-0.1, -0.05) is 22.0 Å². The molecule has 1 aromatic rings. The molecule has 0 bridgehead atoms. The molecule has 2 N–H and O–H groups in total. The van der Waals surface area contributed by atoms with Crippen LogP contribution in [0.5, 0.6) is 0 Å². The van der Waals surface area contributed by atoms with Gasteiger partial charge in [0.15, 0.2) is 5.96 Å². The summed E-state index contributed by atoms with van der Waals surface area (Å²) in [4.78, 5) is 4.39. The fraction of sp³-hybridized carbons (Fsp3) is 0.462. The first-order chi connectivity index (χ1) is 8.69. The Morgan fingerprint density at radius 3 is 2.89 bits per heavy atom. The van der Waals surface area contributed by atoms with Gasteiger partial charge >= 0.3 is 0 Å². The summed E-state index contributed by atoms with van der Waals surface area (Å²) >= 11 is 3.24. The first-order valence-corrected chi connectivity index (χ1v) is 6.97. The number of rotatable bonds is 4. The van der Waals surface area contributed by atoms with Crippen molar-refractivity contribution in [2.24, 2.45) is 4.99 Å². The minimum atomic E-state index is -0.226. The van der Waals surface area contributed by atoms with Crippen molar-refractivity contribution in [2.45, 2.75) is 32.4 Å². The van der Waals surface area contributed by atoms with Crippen LogP contribution in [0.1, 0.15) is 25.3 Å². The molecule has 0 heterocycles. The molecule has 0 spiro atoms. The summed E-state index contributed by atoms with van der Waals surface area (Å²) in [6.45, 7) is 3.17. The first kappa shape index (κ1) is 13.3. The van der Waals surface area contributed by atoms with Crippen LogP contribution in [0.4, 0.5) is 4.39 Å². The Morgan fingerprint density at radius 1 is 1.50 bits per heavy atom. The van der Waals surface area contributed by atoms with Crippen LogP contribution in [0, 0.1) is 5.82 Å². The molecule has 1 aromatic carbocycles. The van der Waals surface area contributed by atoms with Crippen molar-refractivity contribution in [3.05, 3.63) is 34.1 Å². The van der Waals surface area contributed by atoms with Gasteiger partial charge in [-0.2, -0.15) is 0 Å². The Bertz CT molecular complexity index is 444. The Balaban J connectivity index is 2.00. The SMILES string of the molecule is CCNC(=NCc1ccc(Br)cc1F)NC1CC1. The van der Waals surface area contributed by atoms with Crippen LogP contribution in [0.25, 0.3) is 0 Å². The molecular weight excluding hydrogens is 297 g/mol.